The number of aromatic nitrogens is 3. The minimum Gasteiger partial charge on any atom is -0.261 e. The van der Waals surface area contributed by atoms with Gasteiger partial charge in [0.05, 0.1) is 11.9 Å². The van der Waals surface area contributed by atoms with Gasteiger partial charge in [0, 0.05) is 23.0 Å². The van der Waals surface area contributed by atoms with Gasteiger partial charge in [-0.1, -0.05) is 0 Å². The highest BCUT2D eigenvalue weighted by molar-refractivity contribution is 7.79. The van der Waals surface area contributed by atoms with Crippen molar-refractivity contribution in [3.8, 4) is 10.7 Å². The lowest BCUT2D eigenvalue weighted by Crippen LogP contribution is -1.82. The van der Waals surface area contributed by atoms with Crippen molar-refractivity contribution < 1.29 is 0 Å². The van der Waals surface area contributed by atoms with Crippen LogP contribution in [0, 0.1) is 6.92 Å². The van der Waals surface area contributed by atoms with Gasteiger partial charge in [-0.15, -0.1) is 11.3 Å². The molecular weight excluding hydrogens is 214 g/mol. The van der Waals surface area contributed by atoms with Gasteiger partial charge in [0.15, 0.2) is 0 Å². The molecule has 0 aliphatic carbocycles. The number of rotatable bonds is 2. The molecule has 0 atom stereocenters. The SMILES string of the molecule is Cc1nc(-c2cnccn2)sc1CS. The summed E-state index contributed by atoms with van der Waals surface area (Å²) in [6, 6.07) is 0. The van der Waals surface area contributed by atoms with E-state index in [0.29, 0.717) is 0 Å². The molecule has 0 amide bonds. The fraction of sp³-hybridized carbons (Fsp3) is 0.222. The minimum absolute atomic E-state index is 0.726. The molecule has 2 rings (SSSR count). The van der Waals surface area contributed by atoms with Crippen LogP contribution in [-0.2, 0) is 5.75 Å². The first-order chi connectivity index (χ1) is 6.81. The Hall–Kier alpha value is -0.940. The summed E-state index contributed by atoms with van der Waals surface area (Å²) < 4.78 is 0. The molecule has 0 saturated carbocycles. The maximum absolute atomic E-state index is 4.42. The highest BCUT2D eigenvalue weighted by atomic mass is 32.1. The quantitative estimate of drug-likeness (QED) is 0.794. The molecule has 5 heteroatoms. The van der Waals surface area contributed by atoms with Crippen molar-refractivity contribution in [1.82, 2.24) is 15.0 Å². The fourth-order valence-electron chi connectivity index (χ4n) is 1.09. The molecule has 0 radical (unpaired) electrons. The van der Waals surface area contributed by atoms with Gasteiger partial charge in [0.25, 0.3) is 0 Å². The number of hydrogen-bond acceptors (Lipinski definition) is 5. The Morgan fingerprint density at radius 1 is 1.43 bits per heavy atom. The second-order valence-corrected chi connectivity index (χ2v) is 4.18. The van der Waals surface area contributed by atoms with Crippen LogP contribution in [0.25, 0.3) is 10.7 Å². The summed E-state index contributed by atoms with van der Waals surface area (Å²) in [7, 11) is 0. The van der Waals surface area contributed by atoms with Crippen LogP contribution >= 0.6 is 24.0 Å². The van der Waals surface area contributed by atoms with Crippen molar-refractivity contribution in [3.63, 3.8) is 0 Å². The summed E-state index contributed by atoms with van der Waals surface area (Å²) >= 11 is 5.86. The Labute approximate surface area is 91.7 Å². The van der Waals surface area contributed by atoms with Crippen molar-refractivity contribution in [3.05, 3.63) is 29.2 Å². The summed E-state index contributed by atoms with van der Waals surface area (Å²) in [5.41, 5.74) is 1.86. The summed E-state index contributed by atoms with van der Waals surface area (Å²) in [6.45, 7) is 1.99. The van der Waals surface area contributed by atoms with E-state index < -0.39 is 0 Å². The molecule has 0 unspecified atom stereocenters. The van der Waals surface area contributed by atoms with Crippen LogP contribution in [-0.4, -0.2) is 15.0 Å². The summed E-state index contributed by atoms with van der Waals surface area (Å²) in [5.74, 6) is 0.726. The Kier molecular flexibility index (Phi) is 2.79. The molecule has 0 bridgehead atoms. The van der Waals surface area contributed by atoms with Crippen LogP contribution in [0.3, 0.4) is 0 Å². The number of hydrogen-bond donors (Lipinski definition) is 1. The van der Waals surface area contributed by atoms with Crippen LogP contribution in [0.5, 0.6) is 0 Å². The number of thiol groups is 1. The Morgan fingerprint density at radius 3 is 2.86 bits per heavy atom. The van der Waals surface area contributed by atoms with E-state index in [1.165, 1.54) is 4.88 Å². The van der Waals surface area contributed by atoms with Crippen molar-refractivity contribution in [2.24, 2.45) is 0 Å². The van der Waals surface area contributed by atoms with E-state index in [4.69, 9.17) is 0 Å². The van der Waals surface area contributed by atoms with E-state index in [9.17, 15) is 0 Å². The lowest BCUT2D eigenvalue weighted by molar-refractivity contribution is 1.17. The molecule has 0 aliphatic heterocycles. The van der Waals surface area contributed by atoms with Crippen LogP contribution in [0.4, 0.5) is 0 Å². The van der Waals surface area contributed by atoms with Gasteiger partial charge in [0.1, 0.15) is 10.7 Å². The molecule has 2 aromatic heterocycles. The third-order valence-electron chi connectivity index (χ3n) is 1.82. The summed E-state index contributed by atoms with van der Waals surface area (Å²) in [5, 5.41) is 0.916. The molecular formula is C9H9N3S2. The normalized spacial score (nSPS) is 10.4. The molecule has 0 aromatic carbocycles. The second-order valence-electron chi connectivity index (χ2n) is 2.78. The zero-order valence-electron chi connectivity index (χ0n) is 7.64. The van der Waals surface area contributed by atoms with Crippen LogP contribution in [0.1, 0.15) is 10.6 Å². The van der Waals surface area contributed by atoms with Gasteiger partial charge in [-0.2, -0.15) is 12.6 Å². The van der Waals surface area contributed by atoms with Crippen LogP contribution in [0.15, 0.2) is 18.6 Å². The predicted molar refractivity (Wildman–Crippen MR) is 60.6 cm³/mol. The number of nitrogens with zero attached hydrogens (tertiary/aromatic N) is 3. The van der Waals surface area contributed by atoms with Crippen molar-refractivity contribution >= 4 is 24.0 Å². The average Bonchev–Trinajstić information content (AvgIpc) is 2.61. The molecule has 3 nitrogen and oxygen atoms in total. The maximum atomic E-state index is 4.42. The van der Waals surface area contributed by atoms with E-state index in [2.05, 4.69) is 27.6 Å². The van der Waals surface area contributed by atoms with Crippen LogP contribution < -0.4 is 0 Å². The van der Waals surface area contributed by atoms with E-state index in [-0.39, 0.29) is 0 Å². The van der Waals surface area contributed by atoms with E-state index in [1.54, 1.807) is 29.9 Å². The molecule has 0 aliphatic rings. The lowest BCUT2D eigenvalue weighted by atomic mass is 10.4. The van der Waals surface area contributed by atoms with E-state index >= 15 is 0 Å². The Morgan fingerprint density at radius 2 is 2.29 bits per heavy atom. The number of aryl methyl sites for hydroxylation is 1. The van der Waals surface area contributed by atoms with Gasteiger partial charge >= 0.3 is 0 Å². The van der Waals surface area contributed by atoms with Gasteiger partial charge in [0.2, 0.25) is 0 Å². The highest BCUT2D eigenvalue weighted by Gasteiger charge is 2.08. The molecule has 0 spiro atoms. The van der Waals surface area contributed by atoms with Gasteiger partial charge in [-0.25, -0.2) is 4.98 Å². The first-order valence-corrected chi connectivity index (χ1v) is 5.59. The van der Waals surface area contributed by atoms with Crippen molar-refractivity contribution in [1.29, 1.82) is 0 Å². The predicted octanol–water partition coefficient (Wildman–Crippen LogP) is 2.34. The van der Waals surface area contributed by atoms with Crippen LogP contribution in [0.2, 0.25) is 0 Å². The Bertz CT molecular complexity index is 425. The van der Waals surface area contributed by atoms with E-state index in [0.717, 1.165) is 22.1 Å². The summed E-state index contributed by atoms with van der Waals surface area (Å²) in [4.78, 5) is 13.8. The third kappa shape index (κ3) is 1.78. The minimum atomic E-state index is 0.726. The third-order valence-corrected chi connectivity index (χ3v) is 3.53. The largest absolute Gasteiger partial charge is 0.261 e. The Balaban J connectivity index is 2.43. The smallest absolute Gasteiger partial charge is 0.143 e. The van der Waals surface area contributed by atoms with Gasteiger partial charge in [-0.3, -0.25) is 9.97 Å². The first-order valence-electron chi connectivity index (χ1n) is 4.15. The fourth-order valence-corrected chi connectivity index (χ4v) is 2.40. The van der Waals surface area contributed by atoms with Crippen molar-refractivity contribution in [2.45, 2.75) is 12.7 Å². The molecule has 14 heavy (non-hydrogen) atoms. The zero-order chi connectivity index (χ0) is 9.97. The molecule has 0 fully saturated rings. The standard InChI is InChI=1S/C9H9N3S2/c1-6-8(5-13)14-9(12-6)7-4-10-2-3-11-7/h2-4,13H,5H2,1H3. The average molecular weight is 223 g/mol. The molecule has 0 N–H and O–H groups in total. The zero-order valence-corrected chi connectivity index (χ0v) is 9.35. The molecule has 2 aromatic rings. The molecule has 2 heterocycles. The van der Waals surface area contributed by atoms with Crippen molar-refractivity contribution in [2.75, 3.05) is 0 Å². The molecule has 72 valence electrons. The highest BCUT2D eigenvalue weighted by Crippen LogP contribution is 2.26. The first kappa shape index (κ1) is 9.61. The second kappa shape index (κ2) is 4.06. The number of thiazole rings is 1. The monoisotopic (exact) mass is 223 g/mol. The maximum Gasteiger partial charge on any atom is 0.143 e. The van der Waals surface area contributed by atoms with E-state index in [1.807, 2.05) is 6.92 Å². The lowest BCUT2D eigenvalue weighted by Gasteiger charge is -1.90. The summed E-state index contributed by atoms with van der Waals surface area (Å²) in [6.07, 6.45) is 5.05. The topological polar surface area (TPSA) is 38.7 Å². The van der Waals surface area contributed by atoms with Gasteiger partial charge < -0.3 is 0 Å². The molecule has 0 saturated heterocycles. The van der Waals surface area contributed by atoms with Gasteiger partial charge in [-0.05, 0) is 6.92 Å².